The summed E-state index contributed by atoms with van der Waals surface area (Å²) in [6.45, 7) is 4.35. The van der Waals surface area contributed by atoms with Crippen molar-refractivity contribution in [3.05, 3.63) is 35.4 Å². The van der Waals surface area contributed by atoms with E-state index in [1.54, 1.807) is 0 Å². The molecule has 3 nitrogen and oxygen atoms in total. The van der Waals surface area contributed by atoms with E-state index in [4.69, 9.17) is 0 Å². The molecule has 4 atom stereocenters. The van der Waals surface area contributed by atoms with Gasteiger partial charge in [-0.2, -0.15) is 0 Å². The third-order valence-corrected chi connectivity index (χ3v) is 5.00. The topological polar surface area (TPSA) is 57.5 Å². The van der Waals surface area contributed by atoms with Crippen molar-refractivity contribution in [2.24, 2.45) is 11.8 Å². The predicted molar refractivity (Wildman–Crippen MR) is 83.2 cm³/mol. The van der Waals surface area contributed by atoms with Crippen LogP contribution in [0.1, 0.15) is 69.1 Å². The van der Waals surface area contributed by atoms with E-state index in [0.29, 0.717) is 12.3 Å². The number of aliphatic hydroxyl groups excluding tert-OH is 1. The first-order valence-corrected chi connectivity index (χ1v) is 8.05. The number of carbonyl (C=O) groups is 1. The molecule has 1 saturated carbocycles. The molecule has 0 heterocycles. The van der Waals surface area contributed by atoms with Gasteiger partial charge in [-0.1, -0.05) is 51.0 Å². The van der Waals surface area contributed by atoms with E-state index in [1.807, 2.05) is 12.1 Å². The van der Waals surface area contributed by atoms with Gasteiger partial charge >= 0.3 is 5.97 Å². The summed E-state index contributed by atoms with van der Waals surface area (Å²) in [4.78, 5) is 11.4. The molecule has 1 aliphatic rings. The van der Waals surface area contributed by atoms with Gasteiger partial charge < -0.3 is 10.2 Å². The van der Waals surface area contributed by atoms with E-state index in [9.17, 15) is 15.0 Å². The van der Waals surface area contributed by atoms with Crippen LogP contribution < -0.4 is 0 Å². The summed E-state index contributed by atoms with van der Waals surface area (Å²) >= 11 is 0. The molecule has 0 aromatic heterocycles. The molecule has 1 aromatic carbocycles. The van der Waals surface area contributed by atoms with Gasteiger partial charge in [-0.05, 0) is 36.3 Å². The standard InChI is InChI=1S/C18H26O3/c1-3-12(2)13-8-10-14(11-9-13)17(19)15-6-4-5-7-16(15)18(20)21/h8-12,15-17,19H,3-7H2,1-2H3,(H,20,21). The van der Waals surface area contributed by atoms with Gasteiger partial charge in [0.25, 0.3) is 0 Å². The average molecular weight is 290 g/mol. The van der Waals surface area contributed by atoms with Crippen LogP contribution in [0.15, 0.2) is 24.3 Å². The van der Waals surface area contributed by atoms with Crippen LogP contribution in [0, 0.1) is 11.8 Å². The molecule has 0 aliphatic heterocycles. The van der Waals surface area contributed by atoms with Crippen LogP contribution in [-0.4, -0.2) is 16.2 Å². The number of aliphatic carboxylic acids is 1. The summed E-state index contributed by atoms with van der Waals surface area (Å²) in [7, 11) is 0. The highest BCUT2D eigenvalue weighted by Gasteiger charge is 2.36. The third-order valence-electron chi connectivity index (χ3n) is 5.00. The molecule has 0 amide bonds. The van der Waals surface area contributed by atoms with Crippen molar-refractivity contribution in [1.29, 1.82) is 0 Å². The van der Waals surface area contributed by atoms with Crippen molar-refractivity contribution < 1.29 is 15.0 Å². The molecule has 116 valence electrons. The quantitative estimate of drug-likeness (QED) is 0.857. The van der Waals surface area contributed by atoms with Crippen LogP contribution in [0.2, 0.25) is 0 Å². The zero-order valence-corrected chi connectivity index (χ0v) is 13.0. The molecule has 2 rings (SSSR count). The largest absolute Gasteiger partial charge is 0.481 e. The van der Waals surface area contributed by atoms with E-state index < -0.39 is 18.0 Å². The molecule has 0 bridgehead atoms. The second-order valence-corrected chi connectivity index (χ2v) is 6.31. The summed E-state index contributed by atoms with van der Waals surface area (Å²) < 4.78 is 0. The molecular weight excluding hydrogens is 264 g/mol. The van der Waals surface area contributed by atoms with Gasteiger partial charge in [-0.15, -0.1) is 0 Å². The Kier molecular flexibility index (Phi) is 5.40. The molecule has 0 saturated heterocycles. The Morgan fingerprint density at radius 2 is 1.76 bits per heavy atom. The van der Waals surface area contributed by atoms with E-state index >= 15 is 0 Å². The fraction of sp³-hybridized carbons (Fsp3) is 0.611. The minimum atomic E-state index is -0.769. The minimum absolute atomic E-state index is 0.161. The lowest BCUT2D eigenvalue weighted by atomic mass is 9.74. The lowest BCUT2D eigenvalue weighted by Crippen LogP contribution is -2.31. The van der Waals surface area contributed by atoms with Crippen LogP contribution in [0.25, 0.3) is 0 Å². The maximum absolute atomic E-state index is 11.4. The Labute approximate surface area is 127 Å². The fourth-order valence-corrected chi connectivity index (χ4v) is 3.35. The maximum atomic E-state index is 11.4. The second-order valence-electron chi connectivity index (χ2n) is 6.31. The Morgan fingerprint density at radius 3 is 2.33 bits per heavy atom. The van der Waals surface area contributed by atoms with Gasteiger partial charge in [0, 0.05) is 5.92 Å². The summed E-state index contributed by atoms with van der Waals surface area (Å²) in [5.74, 6) is -0.832. The molecule has 1 aromatic rings. The van der Waals surface area contributed by atoms with Gasteiger partial charge in [0.2, 0.25) is 0 Å². The van der Waals surface area contributed by atoms with Gasteiger partial charge in [-0.3, -0.25) is 4.79 Å². The fourth-order valence-electron chi connectivity index (χ4n) is 3.35. The number of benzene rings is 1. The van der Waals surface area contributed by atoms with Crippen LogP contribution in [0.5, 0.6) is 0 Å². The van der Waals surface area contributed by atoms with Gasteiger partial charge in [-0.25, -0.2) is 0 Å². The molecule has 2 N–H and O–H groups in total. The van der Waals surface area contributed by atoms with Crippen LogP contribution in [0.3, 0.4) is 0 Å². The highest BCUT2D eigenvalue weighted by molar-refractivity contribution is 5.70. The Balaban J connectivity index is 2.14. The van der Waals surface area contributed by atoms with Gasteiger partial charge in [0.05, 0.1) is 12.0 Å². The molecule has 21 heavy (non-hydrogen) atoms. The lowest BCUT2D eigenvalue weighted by Gasteiger charge is -2.32. The van der Waals surface area contributed by atoms with E-state index in [2.05, 4.69) is 26.0 Å². The number of rotatable bonds is 5. The van der Waals surface area contributed by atoms with Crippen LogP contribution >= 0.6 is 0 Å². The highest BCUT2D eigenvalue weighted by atomic mass is 16.4. The predicted octanol–water partition coefficient (Wildman–Crippen LogP) is 4.12. The Hall–Kier alpha value is -1.35. The van der Waals surface area contributed by atoms with Crippen molar-refractivity contribution in [3.8, 4) is 0 Å². The molecule has 0 radical (unpaired) electrons. The van der Waals surface area contributed by atoms with Crippen molar-refractivity contribution in [2.75, 3.05) is 0 Å². The molecule has 0 spiro atoms. The van der Waals surface area contributed by atoms with Crippen molar-refractivity contribution in [1.82, 2.24) is 0 Å². The number of carboxylic acid groups (broad SMARTS) is 1. The van der Waals surface area contributed by atoms with Crippen LogP contribution in [-0.2, 0) is 4.79 Å². The smallest absolute Gasteiger partial charge is 0.306 e. The van der Waals surface area contributed by atoms with Crippen molar-refractivity contribution in [3.63, 3.8) is 0 Å². The first-order valence-electron chi connectivity index (χ1n) is 8.05. The van der Waals surface area contributed by atoms with Crippen molar-refractivity contribution in [2.45, 2.75) is 58.0 Å². The molecular formula is C18H26O3. The van der Waals surface area contributed by atoms with E-state index in [0.717, 1.165) is 31.2 Å². The van der Waals surface area contributed by atoms with Gasteiger partial charge in [0.1, 0.15) is 0 Å². The first kappa shape index (κ1) is 16.0. The number of hydrogen-bond donors (Lipinski definition) is 2. The zero-order chi connectivity index (χ0) is 15.4. The summed E-state index contributed by atoms with van der Waals surface area (Å²) in [5, 5.41) is 19.9. The third kappa shape index (κ3) is 3.65. The SMILES string of the molecule is CCC(C)c1ccc(C(O)C2CCCCC2C(=O)O)cc1. The first-order chi connectivity index (χ1) is 10.0. The van der Waals surface area contributed by atoms with Crippen LogP contribution in [0.4, 0.5) is 0 Å². The van der Waals surface area contributed by atoms with E-state index in [1.165, 1.54) is 5.56 Å². The highest BCUT2D eigenvalue weighted by Crippen LogP contribution is 2.39. The van der Waals surface area contributed by atoms with E-state index in [-0.39, 0.29) is 5.92 Å². The number of aliphatic hydroxyl groups is 1. The summed E-state index contributed by atoms with van der Waals surface area (Å²) in [6, 6.07) is 8.04. The van der Waals surface area contributed by atoms with Crippen molar-refractivity contribution >= 4 is 5.97 Å². The number of carboxylic acids is 1. The number of hydrogen-bond acceptors (Lipinski definition) is 2. The Morgan fingerprint density at radius 1 is 1.19 bits per heavy atom. The maximum Gasteiger partial charge on any atom is 0.306 e. The average Bonchev–Trinajstić information content (AvgIpc) is 2.53. The molecule has 4 unspecified atom stereocenters. The minimum Gasteiger partial charge on any atom is -0.481 e. The molecule has 1 fully saturated rings. The zero-order valence-electron chi connectivity index (χ0n) is 13.0. The molecule has 3 heteroatoms. The normalized spacial score (nSPS) is 25.3. The lowest BCUT2D eigenvalue weighted by molar-refractivity contribution is -0.147. The molecule has 1 aliphatic carbocycles. The second kappa shape index (κ2) is 7.08. The van der Waals surface area contributed by atoms with Gasteiger partial charge in [0.15, 0.2) is 0 Å². The monoisotopic (exact) mass is 290 g/mol. The summed E-state index contributed by atoms with van der Waals surface area (Å²) in [6.07, 6.45) is 3.86. The Bertz CT molecular complexity index is 466. The summed E-state index contributed by atoms with van der Waals surface area (Å²) in [5.41, 5.74) is 2.12.